The van der Waals surface area contributed by atoms with Crippen LogP contribution in [-0.2, 0) is 9.53 Å². The van der Waals surface area contributed by atoms with Crippen molar-refractivity contribution < 1.29 is 19.2 Å². The van der Waals surface area contributed by atoms with Gasteiger partial charge in [-0.05, 0) is 24.6 Å². The summed E-state index contributed by atoms with van der Waals surface area (Å²) in [6.45, 7) is 1.18. The first-order valence-electron chi connectivity index (χ1n) is 7.34. The molecular formula is C17H15ClN2O5. The number of halogens is 1. The van der Waals surface area contributed by atoms with Gasteiger partial charge in [0.1, 0.15) is 5.56 Å². The number of carbonyl (C=O) groups excluding carboxylic acids is 2. The van der Waals surface area contributed by atoms with Gasteiger partial charge in [0.25, 0.3) is 11.6 Å². The van der Waals surface area contributed by atoms with Crippen LogP contribution in [0.5, 0.6) is 0 Å². The van der Waals surface area contributed by atoms with Crippen LogP contribution in [0, 0.1) is 10.1 Å². The first-order chi connectivity index (χ1) is 11.9. The summed E-state index contributed by atoms with van der Waals surface area (Å²) >= 11 is 6.06. The summed E-state index contributed by atoms with van der Waals surface area (Å²) in [7, 11) is 0. The number of hydrogen-bond donors (Lipinski definition) is 1. The number of ether oxygens (including phenoxy) is 1. The van der Waals surface area contributed by atoms with Crippen molar-refractivity contribution in [1.29, 1.82) is 0 Å². The predicted octanol–water partition coefficient (Wildman–Crippen LogP) is 3.28. The fourth-order valence-electron chi connectivity index (χ4n) is 2.20. The summed E-state index contributed by atoms with van der Waals surface area (Å²) in [6.07, 6.45) is 0. The summed E-state index contributed by atoms with van der Waals surface area (Å²) in [5.74, 6) is -1.48. The van der Waals surface area contributed by atoms with Gasteiger partial charge in [0.2, 0.25) is 0 Å². The molecule has 0 radical (unpaired) electrons. The highest BCUT2D eigenvalue weighted by molar-refractivity contribution is 6.31. The maximum Gasteiger partial charge on any atom is 0.345 e. The lowest BCUT2D eigenvalue weighted by Gasteiger charge is -2.15. The van der Waals surface area contributed by atoms with Gasteiger partial charge >= 0.3 is 5.97 Å². The third-order valence-electron chi connectivity index (χ3n) is 3.40. The van der Waals surface area contributed by atoms with Crippen LogP contribution in [-0.4, -0.2) is 23.4 Å². The molecular weight excluding hydrogens is 348 g/mol. The molecule has 0 aromatic heterocycles. The molecule has 0 unspecified atom stereocenters. The smallest absolute Gasteiger partial charge is 0.345 e. The van der Waals surface area contributed by atoms with Gasteiger partial charge in [-0.25, -0.2) is 4.79 Å². The molecule has 0 bridgehead atoms. The van der Waals surface area contributed by atoms with Crippen LogP contribution in [0.2, 0.25) is 5.02 Å². The number of nitrogens with one attached hydrogen (secondary N) is 1. The van der Waals surface area contributed by atoms with Gasteiger partial charge in [-0.3, -0.25) is 14.9 Å². The van der Waals surface area contributed by atoms with Crippen LogP contribution < -0.4 is 5.32 Å². The highest BCUT2D eigenvalue weighted by Gasteiger charge is 2.21. The second kappa shape index (κ2) is 8.25. The number of nitro groups is 1. The maximum atomic E-state index is 12.0. The van der Waals surface area contributed by atoms with E-state index in [-0.39, 0.29) is 17.3 Å². The van der Waals surface area contributed by atoms with Crippen LogP contribution in [0.25, 0.3) is 0 Å². The highest BCUT2D eigenvalue weighted by Crippen LogP contribution is 2.22. The van der Waals surface area contributed by atoms with E-state index in [4.69, 9.17) is 16.3 Å². The maximum absolute atomic E-state index is 12.0. The second-order valence-corrected chi connectivity index (χ2v) is 5.57. The van der Waals surface area contributed by atoms with Gasteiger partial charge in [0, 0.05) is 11.1 Å². The molecule has 1 N–H and O–H groups in total. The Morgan fingerprint density at radius 1 is 1.20 bits per heavy atom. The average molecular weight is 363 g/mol. The third kappa shape index (κ3) is 4.77. The van der Waals surface area contributed by atoms with Crippen LogP contribution in [0.15, 0.2) is 48.5 Å². The van der Waals surface area contributed by atoms with E-state index < -0.39 is 23.4 Å². The monoisotopic (exact) mass is 362 g/mol. The molecule has 0 heterocycles. The Morgan fingerprint density at radius 3 is 2.52 bits per heavy atom. The fraction of sp³-hybridized carbons (Fsp3) is 0.176. The fourth-order valence-corrected chi connectivity index (χ4v) is 2.50. The molecule has 8 heteroatoms. The summed E-state index contributed by atoms with van der Waals surface area (Å²) in [5.41, 5.74) is 0.138. The number of carbonyl (C=O) groups is 2. The minimum atomic E-state index is -0.937. The zero-order valence-corrected chi connectivity index (χ0v) is 14.0. The van der Waals surface area contributed by atoms with Gasteiger partial charge in [0.05, 0.1) is 11.0 Å². The van der Waals surface area contributed by atoms with E-state index in [1.807, 2.05) is 0 Å². The van der Waals surface area contributed by atoms with Crippen LogP contribution in [0.4, 0.5) is 5.69 Å². The molecule has 1 atom stereocenters. The number of benzene rings is 2. The summed E-state index contributed by atoms with van der Waals surface area (Å²) in [6, 6.07) is 12.0. The average Bonchev–Trinajstić information content (AvgIpc) is 2.59. The molecule has 0 spiro atoms. The number of esters is 1. The molecule has 0 aliphatic rings. The Bertz CT molecular complexity index is 809. The van der Waals surface area contributed by atoms with E-state index in [0.717, 1.165) is 5.56 Å². The minimum absolute atomic E-state index is 0.209. The van der Waals surface area contributed by atoms with E-state index in [9.17, 15) is 19.7 Å². The van der Waals surface area contributed by atoms with Crippen molar-refractivity contribution in [3.8, 4) is 0 Å². The largest absolute Gasteiger partial charge is 0.452 e. The van der Waals surface area contributed by atoms with E-state index in [1.165, 1.54) is 24.3 Å². The molecule has 1 amide bonds. The van der Waals surface area contributed by atoms with Gasteiger partial charge < -0.3 is 10.1 Å². The van der Waals surface area contributed by atoms with Crippen molar-refractivity contribution in [2.45, 2.75) is 13.0 Å². The number of para-hydroxylation sites is 1. The van der Waals surface area contributed by atoms with Crippen molar-refractivity contribution in [2.24, 2.45) is 0 Å². The van der Waals surface area contributed by atoms with Crippen molar-refractivity contribution in [1.82, 2.24) is 5.32 Å². The molecule has 0 aliphatic heterocycles. The molecule has 0 saturated heterocycles. The van der Waals surface area contributed by atoms with Gasteiger partial charge in [-0.15, -0.1) is 0 Å². The molecule has 0 aliphatic carbocycles. The second-order valence-electron chi connectivity index (χ2n) is 5.16. The zero-order chi connectivity index (χ0) is 18.4. The quantitative estimate of drug-likeness (QED) is 0.483. The standard InChI is InChI=1S/C17H15ClN2O5/c1-11(12-6-2-4-8-14(12)18)19-16(21)10-25-17(22)13-7-3-5-9-15(13)20(23)24/h2-9,11H,10H2,1H3,(H,19,21)/t11-/m0/s1. The lowest BCUT2D eigenvalue weighted by Crippen LogP contribution is -2.31. The van der Waals surface area contributed by atoms with Crippen molar-refractivity contribution >= 4 is 29.2 Å². The Hall–Kier alpha value is -2.93. The highest BCUT2D eigenvalue weighted by atomic mass is 35.5. The zero-order valence-electron chi connectivity index (χ0n) is 13.3. The Morgan fingerprint density at radius 2 is 1.84 bits per heavy atom. The van der Waals surface area contributed by atoms with Crippen LogP contribution in [0.1, 0.15) is 28.9 Å². The molecule has 25 heavy (non-hydrogen) atoms. The number of nitro benzene ring substituents is 1. The molecule has 0 fully saturated rings. The summed E-state index contributed by atoms with van der Waals surface area (Å²) in [5, 5.41) is 14.1. The number of amides is 1. The molecule has 7 nitrogen and oxygen atoms in total. The number of rotatable bonds is 6. The minimum Gasteiger partial charge on any atom is -0.452 e. The molecule has 0 saturated carbocycles. The first-order valence-corrected chi connectivity index (χ1v) is 7.72. The van der Waals surface area contributed by atoms with Crippen molar-refractivity contribution in [3.05, 3.63) is 74.8 Å². The van der Waals surface area contributed by atoms with E-state index in [2.05, 4.69) is 5.32 Å². The Kier molecular flexibility index (Phi) is 6.08. The van der Waals surface area contributed by atoms with E-state index in [0.29, 0.717) is 5.02 Å². The lowest BCUT2D eigenvalue weighted by atomic mass is 10.1. The molecule has 2 aromatic rings. The summed E-state index contributed by atoms with van der Waals surface area (Å²) < 4.78 is 4.86. The van der Waals surface area contributed by atoms with Crippen LogP contribution >= 0.6 is 11.6 Å². The first kappa shape index (κ1) is 18.4. The number of hydrogen-bond acceptors (Lipinski definition) is 5. The molecule has 2 rings (SSSR count). The van der Waals surface area contributed by atoms with E-state index in [1.54, 1.807) is 31.2 Å². The van der Waals surface area contributed by atoms with Gasteiger partial charge in [0.15, 0.2) is 6.61 Å². The van der Waals surface area contributed by atoms with Gasteiger partial charge in [-0.2, -0.15) is 0 Å². The van der Waals surface area contributed by atoms with E-state index >= 15 is 0 Å². The summed E-state index contributed by atoms with van der Waals surface area (Å²) in [4.78, 5) is 34.1. The lowest BCUT2D eigenvalue weighted by molar-refractivity contribution is -0.385. The predicted molar refractivity (Wildman–Crippen MR) is 91.4 cm³/mol. The topological polar surface area (TPSA) is 98.5 Å². The SMILES string of the molecule is C[C@H](NC(=O)COC(=O)c1ccccc1[N+](=O)[O-])c1ccccc1Cl. The Labute approximate surface area is 148 Å². The third-order valence-corrected chi connectivity index (χ3v) is 3.75. The molecule has 2 aromatic carbocycles. The molecule has 130 valence electrons. The Balaban J connectivity index is 1.95. The van der Waals surface area contributed by atoms with Crippen LogP contribution in [0.3, 0.4) is 0 Å². The normalized spacial score (nSPS) is 11.4. The van der Waals surface area contributed by atoms with Crippen molar-refractivity contribution in [3.63, 3.8) is 0 Å². The van der Waals surface area contributed by atoms with Gasteiger partial charge in [-0.1, -0.05) is 41.9 Å². The number of nitrogens with zero attached hydrogens (tertiary/aromatic N) is 1. The van der Waals surface area contributed by atoms with Crippen molar-refractivity contribution in [2.75, 3.05) is 6.61 Å².